The van der Waals surface area contributed by atoms with E-state index in [0.717, 1.165) is 22.4 Å². The first-order valence-electron chi connectivity index (χ1n) is 12.0. The minimum Gasteiger partial charge on any atom is -0.490 e. The van der Waals surface area contributed by atoms with E-state index in [1.165, 1.54) is 0 Å². The number of aryl methyl sites for hydroxylation is 1. The second-order valence-corrected chi connectivity index (χ2v) is 9.98. The first-order valence-corrected chi connectivity index (χ1v) is 12.0. The summed E-state index contributed by atoms with van der Waals surface area (Å²) in [6.45, 7) is 20.5. The number of hydrogen-bond donors (Lipinski definition) is 0. The molecule has 182 valence electrons. The highest BCUT2D eigenvalue weighted by Crippen LogP contribution is 2.35. The summed E-state index contributed by atoms with van der Waals surface area (Å²) < 4.78 is 18.2. The zero-order valence-corrected chi connectivity index (χ0v) is 21.7. The maximum Gasteiger partial charge on any atom is 0.163 e. The molecule has 1 unspecified atom stereocenters. The average molecular weight is 455 g/mol. The minimum atomic E-state index is -0.617. The fraction of sp³-hybridized carbons (Fsp3) is 0.552. The molecule has 1 saturated heterocycles. The van der Waals surface area contributed by atoms with Crippen molar-refractivity contribution in [2.45, 2.75) is 79.8 Å². The molecule has 0 spiro atoms. The lowest BCUT2D eigenvalue weighted by Gasteiger charge is -2.21. The summed E-state index contributed by atoms with van der Waals surface area (Å²) in [6.07, 6.45) is 10.9. The van der Waals surface area contributed by atoms with E-state index in [0.29, 0.717) is 24.9 Å². The van der Waals surface area contributed by atoms with Gasteiger partial charge in [-0.1, -0.05) is 64.7 Å². The molecule has 0 radical (unpaired) electrons. The average Bonchev–Trinajstić information content (AvgIpc) is 3.03. The van der Waals surface area contributed by atoms with Crippen LogP contribution < -0.4 is 4.74 Å². The molecule has 4 atom stereocenters. The number of hydrogen-bond acceptors (Lipinski definition) is 4. The Morgan fingerprint density at radius 3 is 2.48 bits per heavy atom. The zero-order chi connectivity index (χ0) is 24.8. The van der Waals surface area contributed by atoms with Gasteiger partial charge in [-0.25, -0.2) is 0 Å². The number of ether oxygens (including phenoxy) is 3. The number of ketones is 1. The maximum absolute atomic E-state index is 12.3. The second-order valence-electron chi connectivity index (χ2n) is 9.98. The molecule has 2 rings (SSSR count). The molecule has 1 aromatic carbocycles. The minimum absolute atomic E-state index is 0.0310. The van der Waals surface area contributed by atoms with Gasteiger partial charge in [0.05, 0.1) is 12.2 Å². The van der Waals surface area contributed by atoms with Gasteiger partial charge in [-0.15, -0.1) is 0 Å². The lowest BCUT2D eigenvalue weighted by molar-refractivity contribution is -0.148. The molecular formula is C29H42O4. The van der Waals surface area contributed by atoms with Crippen molar-refractivity contribution in [3.8, 4) is 5.75 Å². The van der Waals surface area contributed by atoms with E-state index in [1.807, 2.05) is 39.0 Å². The van der Waals surface area contributed by atoms with E-state index in [1.54, 1.807) is 13.0 Å². The maximum atomic E-state index is 12.3. The first-order chi connectivity index (χ1) is 15.4. The summed E-state index contributed by atoms with van der Waals surface area (Å²) >= 11 is 0. The third-order valence-electron chi connectivity index (χ3n) is 6.23. The van der Waals surface area contributed by atoms with Crippen molar-refractivity contribution in [2.24, 2.45) is 17.8 Å². The van der Waals surface area contributed by atoms with Crippen LogP contribution in [0, 0.1) is 24.7 Å². The highest BCUT2D eigenvalue weighted by Gasteiger charge is 2.42. The standard InChI is InChI=1S/C29H42O4/c1-10-16-31-25-17-22(6)27(23(7)30)24(18-25)12-11-13-26-28(33-29(8,9)32-26)21(5)15-14-20(4)19(2)3/h10-12,14-15,17-21,26,28H,1,13,16H2,2-9H3/b12-11+,15-14-/t20-,21-,26+,28?/m1/s1. The first kappa shape index (κ1) is 27.1. The van der Waals surface area contributed by atoms with Gasteiger partial charge in [-0.2, -0.15) is 0 Å². The van der Waals surface area contributed by atoms with E-state index in [2.05, 4.69) is 52.5 Å². The van der Waals surface area contributed by atoms with Crippen LogP contribution in [0.1, 0.15) is 76.4 Å². The van der Waals surface area contributed by atoms with Gasteiger partial charge in [0, 0.05) is 11.5 Å². The van der Waals surface area contributed by atoms with Gasteiger partial charge in [0.1, 0.15) is 12.4 Å². The molecule has 4 nitrogen and oxygen atoms in total. The van der Waals surface area contributed by atoms with Crippen LogP contribution in [0.2, 0.25) is 0 Å². The Morgan fingerprint density at radius 1 is 1.18 bits per heavy atom. The number of allylic oxidation sites excluding steroid dienone is 1. The van der Waals surface area contributed by atoms with Crippen LogP contribution in [0.15, 0.2) is 43.0 Å². The van der Waals surface area contributed by atoms with E-state index >= 15 is 0 Å². The summed E-state index contributed by atoms with van der Waals surface area (Å²) in [7, 11) is 0. The van der Waals surface area contributed by atoms with Crippen molar-refractivity contribution in [3.63, 3.8) is 0 Å². The molecule has 1 aromatic rings. The summed E-state index contributed by atoms with van der Waals surface area (Å²) in [6, 6.07) is 3.81. The van der Waals surface area contributed by atoms with Crippen molar-refractivity contribution in [1.82, 2.24) is 0 Å². The van der Waals surface area contributed by atoms with Gasteiger partial charge in [0.25, 0.3) is 0 Å². The van der Waals surface area contributed by atoms with Crippen molar-refractivity contribution in [1.29, 1.82) is 0 Å². The number of carbonyl (C=O) groups is 1. The predicted octanol–water partition coefficient (Wildman–Crippen LogP) is 7.17. The van der Waals surface area contributed by atoms with Crippen molar-refractivity contribution >= 4 is 11.9 Å². The van der Waals surface area contributed by atoms with Gasteiger partial charge in [0.2, 0.25) is 0 Å². The van der Waals surface area contributed by atoms with Gasteiger partial charge in [-0.05, 0) is 69.2 Å². The molecule has 0 saturated carbocycles. The summed E-state index contributed by atoms with van der Waals surface area (Å²) in [5, 5.41) is 0. The van der Waals surface area contributed by atoms with Crippen LogP contribution in [0.5, 0.6) is 5.75 Å². The van der Waals surface area contributed by atoms with Crippen LogP contribution >= 0.6 is 0 Å². The molecule has 4 heteroatoms. The molecule has 0 bridgehead atoms. The lowest BCUT2D eigenvalue weighted by Crippen LogP contribution is -2.28. The third kappa shape index (κ3) is 7.68. The molecular weight excluding hydrogens is 412 g/mol. The zero-order valence-electron chi connectivity index (χ0n) is 21.7. The molecule has 1 heterocycles. The van der Waals surface area contributed by atoms with Crippen LogP contribution in [-0.2, 0) is 9.47 Å². The van der Waals surface area contributed by atoms with E-state index in [9.17, 15) is 4.79 Å². The number of benzene rings is 1. The molecule has 0 amide bonds. The van der Waals surface area contributed by atoms with E-state index in [4.69, 9.17) is 14.2 Å². The van der Waals surface area contributed by atoms with Gasteiger partial charge < -0.3 is 14.2 Å². The Hall–Kier alpha value is -2.17. The highest BCUT2D eigenvalue weighted by atomic mass is 16.7. The SMILES string of the molecule is C=CCOc1cc(C)c(C(C)=O)c(/C=C/C[C@@H]2OC(C)(C)OC2[C@H](C)/C=C\[C@@H](C)C(C)C)c1. The molecule has 1 fully saturated rings. The highest BCUT2D eigenvalue weighted by molar-refractivity contribution is 5.99. The second kappa shape index (κ2) is 11.8. The third-order valence-corrected chi connectivity index (χ3v) is 6.23. The van der Waals surface area contributed by atoms with Crippen LogP contribution in [0.25, 0.3) is 6.08 Å². The van der Waals surface area contributed by atoms with Crippen molar-refractivity contribution < 1.29 is 19.0 Å². The topological polar surface area (TPSA) is 44.8 Å². The van der Waals surface area contributed by atoms with Gasteiger partial charge in [0.15, 0.2) is 11.6 Å². The molecule has 33 heavy (non-hydrogen) atoms. The molecule has 0 N–H and O–H groups in total. The molecule has 0 aliphatic carbocycles. The van der Waals surface area contributed by atoms with Crippen LogP contribution in [0.3, 0.4) is 0 Å². The Bertz CT molecular complexity index is 878. The number of Topliss-reactive ketones (excluding diaryl/α,β-unsaturated/α-hetero) is 1. The largest absolute Gasteiger partial charge is 0.490 e. The Morgan fingerprint density at radius 2 is 1.88 bits per heavy atom. The smallest absolute Gasteiger partial charge is 0.163 e. The summed E-state index contributed by atoms with van der Waals surface area (Å²) in [4.78, 5) is 12.3. The van der Waals surface area contributed by atoms with Gasteiger partial charge in [-0.3, -0.25) is 4.79 Å². The summed E-state index contributed by atoms with van der Waals surface area (Å²) in [5.41, 5.74) is 2.48. The van der Waals surface area contributed by atoms with Gasteiger partial charge >= 0.3 is 0 Å². The monoisotopic (exact) mass is 454 g/mol. The fourth-order valence-electron chi connectivity index (χ4n) is 4.13. The van der Waals surface area contributed by atoms with Crippen LogP contribution in [-0.4, -0.2) is 30.4 Å². The quantitative estimate of drug-likeness (QED) is 0.263. The Labute approximate surface area is 200 Å². The van der Waals surface area contributed by atoms with E-state index in [-0.39, 0.29) is 23.9 Å². The summed E-state index contributed by atoms with van der Waals surface area (Å²) in [5.74, 6) is 1.51. The Kier molecular flexibility index (Phi) is 9.69. The lowest BCUT2D eigenvalue weighted by atomic mass is 9.92. The van der Waals surface area contributed by atoms with E-state index < -0.39 is 5.79 Å². The molecule has 1 aliphatic rings. The number of carbonyl (C=O) groups excluding carboxylic acids is 1. The van der Waals surface area contributed by atoms with Crippen molar-refractivity contribution in [2.75, 3.05) is 6.61 Å². The van der Waals surface area contributed by atoms with Crippen molar-refractivity contribution in [3.05, 3.63) is 59.7 Å². The molecule has 1 aliphatic heterocycles. The Balaban J connectivity index is 2.21. The normalized spacial score (nSPS) is 22.2. The fourth-order valence-corrected chi connectivity index (χ4v) is 4.13. The predicted molar refractivity (Wildman–Crippen MR) is 137 cm³/mol. The molecule has 0 aromatic heterocycles. The number of rotatable bonds is 11. The van der Waals surface area contributed by atoms with Crippen LogP contribution in [0.4, 0.5) is 0 Å².